The van der Waals surface area contributed by atoms with E-state index in [4.69, 9.17) is 14.6 Å². The Labute approximate surface area is 160 Å². The van der Waals surface area contributed by atoms with E-state index in [-0.39, 0.29) is 12.0 Å². The molecule has 2 heterocycles. The molecule has 1 saturated carbocycles. The van der Waals surface area contributed by atoms with Gasteiger partial charge in [-0.1, -0.05) is 6.92 Å². The van der Waals surface area contributed by atoms with Crippen LogP contribution in [0.5, 0.6) is 5.75 Å². The molecule has 0 unspecified atom stereocenters. The predicted octanol–water partition coefficient (Wildman–Crippen LogP) is 4.30. The molecule has 1 aromatic carbocycles. The lowest BCUT2D eigenvalue weighted by atomic mass is 9.87. The molecule has 146 valence electrons. The molecule has 4 rings (SSSR count). The van der Waals surface area contributed by atoms with Gasteiger partial charge in [-0.25, -0.2) is 0 Å². The summed E-state index contributed by atoms with van der Waals surface area (Å²) < 4.78 is 13.2. The van der Waals surface area contributed by atoms with E-state index in [1.165, 1.54) is 25.7 Å². The Morgan fingerprint density at radius 2 is 2.04 bits per heavy atom. The van der Waals surface area contributed by atoms with Crippen molar-refractivity contribution in [2.75, 3.05) is 19.0 Å². The number of hydrogen-bond donors (Lipinski definition) is 1. The van der Waals surface area contributed by atoms with Gasteiger partial charge in [0, 0.05) is 24.3 Å². The number of nitrogens with zero attached hydrogens (tertiary/aromatic N) is 2. The summed E-state index contributed by atoms with van der Waals surface area (Å²) in [6.07, 6.45) is 9.42. The molecule has 0 radical (unpaired) electrons. The summed E-state index contributed by atoms with van der Waals surface area (Å²) in [7, 11) is 1.62. The van der Waals surface area contributed by atoms with E-state index in [1.54, 1.807) is 7.11 Å². The van der Waals surface area contributed by atoms with Crippen LogP contribution in [-0.4, -0.2) is 35.5 Å². The number of benzene rings is 1. The second kappa shape index (κ2) is 7.89. The Kier molecular flexibility index (Phi) is 5.34. The van der Waals surface area contributed by atoms with Crippen LogP contribution in [0.25, 0.3) is 10.9 Å². The number of amides is 1. The van der Waals surface area contributed by atoms with Crippen LogP contribution in [-0.2, 0) is 9.53 Å². The molecule has 0 spiro atoms. The Balaban J connectivity index is 1.56. The second-order valence-corrected chi connectivity index (χ2v) is 7.98. The van der Waals surface area contributed by atoms with Crippen molar-refractivity contribution in [2.24, 2.45) is 5.92 Å². The first-order valence-corrected chi connectivity index (χ1v) is 10.1. The number of anilines is 1. The van der Waals surface area contributed by atoms with Gasteiger partial charge in [0.25, 0.3) is 5.91 Å². The predicted molar refractivity (Wildman–Crippen MR) is 105 cm³/mol. The van der Waals surface area contributed by atoms with Gasteiger partial charge >= 0.3 is 0 Å². The van der Waals surface area contributed by atoms with Crippen molar-refractivity contribution in [1.29, 1.82) is 0 Å². The third kappa shape index (κ3) is 3.95. The largest absolute Gasteiger partial charge is 0.494 e. The van der Waals surface area contributed by atoms with Gasteiger partial charge in [0.05, 0.1) is 24.4 Å². The molecule has 2 fully saturated rings. The first-order valence-electron chi connectivity index (χ1n) is 10.1. The fourth-order valence-electron chi connectivity index (χ4n) is 4.19. The molecule has 0 bridgehead atoms. The number of hydrogen-bond acceptors (Lipinski definition) is 4. The quantitative estimate of drug-likeness (QED) is 0.870. The monoisotopic (exact) mass is 371 g/mol. The number of aromatic nitrogens is 2. The molecule has 1 aromatic heterocycles. The van der Waals surface area contributed by atoms with Crippen LogP contribution in [0.2, 0.25) is 0 Å². The summed E-state index contributed by atoms with van der Waals surface area (Å²) in [5.41, 5.74) is 1.58. The fourth-order valence-corrected chi connectivity index (χ4v) is 4.19. The van der Waals surface area contributed by atoms with E-state index in [2.05, 4.69) is 23.1 Å². The Morgan fingerprint density at radius 1 is 1.22 bits per heavy atom. The normalized spacial score (nSPS) is 26.1. The topological polar surface area (TPSA) is 65.4 Å². The Hall–Kier alpha value is -2.08. The minimum atomic E-state index is -0.369. The van der Waals surface area contributed by atoms with Crippen molar-refractivity contribution in [3.05, 3.63) is 18.3 Å². The van der Waals surface area contributed by atoms with Gasteiger partial charge in [0.15, 0.2) is 0 Å². The molecule has 1 saturated heterocycles. The van der Waals surface area contributed by atoms with Crippen molar-refractivity contribution < 1.29 is 14.3 Å². The highest BCUT2D eigenvalue weighted by atomic mass is 16.5. The zero-order valence-electron chi connectivity index (χ0n) is 16.2. The Morgan fingerprint density at radius 3 is 2.74 bits per heavy atom. The molecule has 6 nitrogen and oxygen atoms in total. The molecular weight excluding hydrogens is 342 g/mol. The molecule has 2 aliphatic rings. The number of nitrogens with one attached hydrogen (secondary N) is 1. The first kappa shape index (κ1) is 18.3. The minimum Gasteiger partial charge on any atom is -0.494 e. The number of ether oxygens (including phenoxy) is 2. The minimum absolute atomic E-state index is 0.0963. The average molecular weight is 371 g/mol. The number of rotatable bonds is 4. The summed E-state index contributed by atoms with van der Waals surface area (Å²) in [5, 5.41) is 8.79. The SMILES string of the molecule is COc1cc2nn([C@H]3CC[C@H](C)CC3)cc2cc1NC(=O)[C@@H]1CCCCO1. The van der Waals surface area contributed by atoms with Crippen LogP contribution in [0.1, 0.15) is 57.9 Å². The van der Waals surface area contributed by atoms with Crippen LogP contribution >= 0.6 is 0 Å². The summed E-state index contributed by atoms with van der Waals surface area (Å²) in [6, 6.07) is 4.34. The van der Waals surface area contributed by atoms with E-state index in [9.17, 15) is 4.79 Å². The third-order valence-corrected chi connectivity index (χ3v) is 5.93. The summed E-state index contributed by atoms with van der Waals surface area (Å²) >= 11 is 0. The molecule has 1 atom stereocenters. The maximum Gasteiger partial charge on any atom is 0.253 e. The van der Waals surface area contributed by atoms with Crippen LogP contribution in [0.4, 0.5) is 5.69 Å². The first-order chi connectivity index (χ1) is 13.1. The van der Waals surface area contributed by atoms with Crippen molar-refractivity contribution in [2.45, 2.75) is 64.0 Å². The molecule has 1 N–H and O–H groups in total. The lowest BCUT2D eigenvalue weighted by Gasteiger charge is -2.26. The Bertz CT molecular complexity index is 802. The maximum atomic E-state index is 12.5. The van der Waals surface area contributed by atoms with Gasteiger partial charge in [0.2, 0.25) is 0 Å². The van der Waals surface area contributed by atoms with Crippen molar-refractivity contribution in [3.63, 3.8) is 0 Å². The van der Waals surface area contributed by atoms with E-state index >= 15 is 0 Å². The van der Waals surface area contributed by atoms with Crippen LogP contribution in [0.15, 0.2) is 18.3 Å². The number of carbonyl (C=O) groups is 1. The molecular formula is C21H29N3O3. The molecule has 6 heteroatoms. The standard InChI is InChI=1S/C21H29N3O3/c1-14-6-8-16(9-7-14)24-13-15-11-18(20(26-2)12-17(15)23-24)22-21(25)19-5-3-4-10-27-19/h11-14,16,19H,3-10H2,1-2H3,(H,22,25)/t14-,16-,19-/m0/s1. The number of carbonyl (C=O) groups excluding carboxylic acids is 1. The third-order valence-electron chi connectivity index (χ3n) is 5.93. The van der Waals surface area contributed by atoms with Crippen molar-refractivity contribution >= 4 is 22.5 Å². The van der Waals surface area contributed by atoms with Crippen molar-refractivity contribution in [1.82, 2.24) is 9.78 Å². The average Bonchev–Trinajstić information content (AvgIpc) is 3.11. The number of methoxy groups -OCH3 is 1. The smallest absolute Gasteiger partial charge is 0.253 e. The van der Waals surface area contributed by atoms with Gasteiger partial charge < -0.3 is 14.8 Å². The lowest BCUT2D eigenvalue weighted by Crippen LogP contribution is -2.33. The van der Waals surface area contributed by atoms with Gasteiger partial charge in [-0.05, 0) is 56.9 Å². The highest BCUT2D eigenvalue weighted by molar-refractivity contribution is 5.98. The summed E-state index contributed by atoms with van der Waals surface area (Å²) in [6.45, 7) is 2.98. The highest BCUT2D eigenvalue weighted by Crippen LogP contribution is 2.35. The van der Waals surface area contributed by atoms with Gasteiger partial charge in [-0.15, -0.1) is 0 Å². The van der Waals surface area contributed by atoms with Gasteiger partial charge in [-0.2, -0.15) is 5.10 Å². The molecule has 1 aliphatic heterocycles. The number of fused-ring (bicyclic) bond motifs is 1. The lowest BCUT2D eigenvalue weighted by molar-refractivity contribution is -0.129. The fraction of sp³-hybridized carbons (Fsp3) is 0.619. The van der Waals surface area contributed by atoms with E-state index in [0.717, 1.165) is 36.1 Å². The van der Waals surface area contributed by atoms with Crippen molar-refractivity contribution in [3.8, 4) is 5.75 Å². The summed E-state index contributed by atoms with van der Waals surface area (Å²) in [5.74, 6) is 1.35. The van der Waals surface area contributed by atoms with E-state index < -0.39 is 0 Å². The zero-order valence-corrected chi connectivity index (χ0v) is 16.2. The van der Waals surface area contributed by atoms with Gasteiger partial charge in [-0.3, -0.25) is 9.48 Å². The molecule has 1 amide bonds. The van der Waals surface area contributed by atoms with Crippen LogP contribution in [0.3, 0.4) is 0 Å². The van der Waals surface area contributed by atoms with E-state index in [0.29, 0.717) is 24.1 Å². The van der Waals surface area contributed by atoms with Crippen LogP contribution in [0, 0.1) is 5.92 Å². The van der Waals surface area contributed by atoms with Crippen LogP contribution < -0.4 is 10.1 Å². The molecule has 1 aliphatic carbocycles. The molecule has 27 heavy (non-hydrogen) atoms. The highest BCUT2D eigenvalue weighted by Gasteiger charge is 2.24. The van der Waals surface area contributed by atoms with Gasteiger partial charge in [0.1, 0.15) is 11.9 Å². The maximum absolute atomic E-state index is 12.5. The molecule has 2 aromatic rings. The second-order valence-electron chi connectivity index (χ2n) is 7.98. The summed E-state index contributed by atoms with van der Waals surface area (Å²) in [4.78, 5) is 12.5. The zero-order chi connectivity index (χ0) is 18.8. The van der Waals surface area contributed by atoms with E-state index in [1.807, 2.05) is 12.1 Å².